The van der Waals surface area contributed by atoms with Gasteiger partial charge in [0.2, 0.25) is 0 Å². The van der Waals surface area contributed by atoms with Gasteiger partial charge in [-0.2, -0.15) is 0 Å². The molecule has 62 valence electrons. The van der Waals surface area contributed by atoms with Gasteiger partial charge in [0, 0.05) is 0 Å². The summed E-state index contributed by atoms with van der Waals surface area (Å²) in [5.41, 5.74) is 5.70. The Labute approximate surface area is 70.5 Å². The summed E-state index contributed by atoms with van der Waals surface area (Å²) in [5, 5.41) is 0. The maximum Gasteiger partial charge on any atom is 0.409 e. The van der Waals surface area contributed by atoms with E-state index < -0.39 is 6.09 Å². The van der Waals surface area contributed by atoms with Crippen LogP contribution in [0.1, 0.15) is 5.56 Å². The second kappa shape index (κ2) is 4.18. The molecule has 0 aliphatic heterocycles. The van der Waals surface area contributed by atoms with Crippen LogP contribution in [0.3, 0.4) is 0 Å². The standard InChI is InChI=1S/C9H9NO2/c10-9(11)12-7-6-8-4-2-1-3-5-8/h1-7H,(H2,10,11). The zero-order valence-electron chi connectivity index (χ0n) is 6.44. The Kier molecular flexibility index (Phi) is 2.90. The SMILES string of the molecule is NC(=O)OC=Cc1ccccc1. The van der Waals surface area contributed by atoms with Crippen molar-refractivity contribution >= 4 is 12.2 Å². The highest BCUT2D eigenvalue weighted by Crippen LogP contribution is 2.00. The molecule has 3 nitrogen and oxygen atoms in total. The molecule has 0 bridgehead atoms. The molecule has 1 rings (SSSR count). The molecule has 0 saturated heterocycles. The van der Waals surface area contributed by atoms with Gasteiger partial charge in [0.05, 0.1) is 6.26 Å². The van der Waals surface area contributed by atoms with Crippen LogP contribution >= 0.6 is 0 Å². The molecule has 0 unspecified atom stereocenters. The summed E-state index contributed by atoms with van der Waals surface area (Å²) < 4.78 is 4.40. The lowest BCUT2D eigenvalue weighted by Gasteiger charge is -1.91. The Hall–Kier alpha value is -1.77. The topological polar surface area (TPSA) is 52.3 Å². The molecule has 0 aromatic heterocycles. The first-order valence-electron chi connectivity index (χ1n) is 3.47. The number of benzene rings is 1. The number of primary amides is 1. The van der Waals surface area contributed by atoms with Crippen LogP contribution in [0.5, 0.6) is 0 Å². The van der Waals surface area contributed by atoms with Crippen molar-refractivity contribution in [3.05, 3.63) is 42.2 Å². The summed E-state index contributed by atoms with van der Waals surface area (Å²) in [4.78, 5) is 10.1. The fraction of sp³-hybridized carbons (Fsp3) is 0. The van der Waals surface area contributed by atoms with E-state index in [1.807, 2.05) is 30.3 Å². The van der Waals surface area contributed by atoms with E-state index in [2.05, 4.69) is 4.74 Å². The number of carbonyl (C=O) groups excluding carboxylic acids is 1. The van der Waals surface area contributed by atoms with Gasteiger partial charge in [0.25, 0.3) is 0 Å². The van der Waals surface area contributed by atoms with Crippen LogP contribution in [0.2, 0.25) is 0 Å². The molecule has 0 atom stereocenters. The van der Waals surface area contributed by atoms with E-state index in [1.54, 1.807) is 6.08 Å². The predicted molar refractivity (Wildman–Crippen MR) is 46.1 cm³/mol. The van der Waals surface area contributed by atoms with Gasteiger partial charge in [0.15, 0.2) is 0 Å². The van der Waals surface area contributed by atoms with Crippen LogP contribution in [0.25, 0.3) is 6.08 Å². The number of ether oxygens (including phenoxy) is 1. The van der Waals surface area contributed by atoms with Gasteiger partial charge in [-0.05, 0) is 11.6 Å². The van der Waals surface area contributed by atoms with Crippen molar-refractivity contribution in [2.75, 3.05) is 0 Å². The molecule has 0 aliphatic rings. The fourth-order valence-electron chi connectivity index (χ4n) is 0.744. The normalized spacial score (nSPS) is 10.0. The highest BCUT2D eigenvalue weighted by Gasteiger charge is 1.86. The molecule has 1 aromatic carbocycles. The molecular weight excluding hydrogens is 154 g/mol. The highest BCUT2D eigenvalue weighted by molar-refractivity contribution is 5.66. The third kappa shape index (κ3) is 2.88. The Bertz CT molecular complexity index is 280. The van der Waals surface area contributed by atoms with Gasteiger partial charge in [-0.1, -0.05) is 30.3 Å². The summed E-state index contributed by atoms with van der Waals surface area (Å²) in [7, 11) is 0. The lowest BCUT2D eigenvalue weighted by atomic mass is 10.2. The quantitative estimate of drug-likeness (QED) is 0.675. The number of amides is 1. The van der Waals surface area contributed by atoms with Crippen molar-refractivity contribution in [3.8, 4) is 0 Å². The first-order chi connectivity index (χ1) is 5.79. The Morgan fingerprint density at radius 3 is 2.58 bits per heavy atom. The number of hydrogen-bond donors (Lipinski definition) is 1. The Morgan fingerprint density at radius 1 is 1.33 bits per heavy atom. The summed E-state index contributed by atoms with van der Waals surface area (Å²) in [6.45, 7) is 0. The second-order valence-corrected chi connectivity index (χ2v) is 2.15. The molecule has 12 heavy (non-hydrogen) atoms. The lowest BCUT2D eigenvalue weighted by Crippen LogP contribution is -2.08. The van der Waals surface area contributed by atoms with E-state index in [0.717, 1.165) is 5.56 Å². The zero-order chi connectivity index (χ0) is 8.81. The number of hydrogen-bond acceptors (Lipinski definition) is 2. The molecule has 0 saturated carbocycles. The predicted octanol–water partition coefficient (Wildman–Crippen LogP) is 1.75. The summed E-state index contributed by atoms with van der Waals surface area (Å²) in [6, 6.07) is 9.47. The molecule has 1 amide bonds. The van der Waals surface area contributed by atoms with Crippen molar-refractivity contribution in [3.63, 3.8) is 0 Å². The number of nitrogens with two attached hydrogens (primary N) is 1. The Balaban J connectivity index is 2.52. The van der Waals surface area contributed by atoms with Gasteiger partial charge in [0.1, 0.15) is 0 Å². The maximum atomic E-state index is 10.1. The van der Waals surface area contributed by atoms with Gasteiger partial charge >= 0.3 is 6.09 Å². The summed E-state index contributed by atoms with van der Waals surface area (Å²) in [5.74, 6) is 0. The first kappa shape index (κ1) is 8.33. The molecule has 0 aliphatic carbocycles. The average molecular weight is 163 g/mol. The molecule has 3 heteroatoms. The minimum absolute atomic E-state index is 0.804. The van der Waals surface area contributed by atoms with E-state index in [9.17, 15) is 4.79 Å². The fourth-order valence-corrected chi connectivity index (χ4v) is 0.744. The van der Waals surface area contributed by atoms with Crippen LogP contribution in [-0.4, -0.2) is 6.09 Å². The highest BCUT2D eigenvalue weighted by atomic mass is 16.5. The van der Waals surface area contributed by atoms with Crippen LogP contribution in [-0.2, 0) is 4.74 Å². The second-order valence-electron chi connectivity index (χ2n) is 2.15. The number of carbonyl (C=O) groups is 1. The van der Waals surface area contributed by atoms with Gasteiger partial charge in [-0.3, -0.25) is 0 Å². The first-order valence-corrected chi connectivity index (χ1v) is 3.47. The van der Waals surface area contributed by atoms with E-state index in [4.69, 9.17) is 5.73 Å². The molecule has 0 fully saturated rings. The number of rotatable bonds is 2. The van der Waals surface area contributed by atoms with Crippen LogP contribution in [0.15, 0.2) is 36.6 Å². The van der Waals surface area contributed by atoms with Crippen LogP contribution < -0.4 is 5.73 Å². The monoisotopic (exact) mass is 163 g/mol. The molecule has 1 aromatic rings. The summed E-state index contributed by atoms with van der Waals surface area (Å²) in [6.07, 6.45) is 2.12. The van der Waals surface area contributed by atoms with Gasteiger partial charge in [-0.15, -0.1) is 0 Å². The van der Waals surface area contributed by atoms with Gasteiger partial charge < -0.3 is 10.5 Å². The van der Waals surface area contributed by atoms with Crippen molar-refractivity contribution < 1.29 is 9.53 Å². The van der Waals surface area contributed by atoms with Crippen LogP contribution in [0, 0.1) is 0 Å². The lowest BCUT2D eigenvalue weighted by molar-refractivity contribution is 0.197. The smallest absolute Gasteiger partial charge is 0.409 e. The Morgan fingerprint density at radius 2 is 2.00 bits per heavy atom. The molecule has 2 N–H and O–H groups in total. The van der Waals surface area contributed by atoms with E-state index >= 15 is 0 Å². The van der Waals surface area contributed by atoms with Gasteiger partial charge in [-0.25, -0.2) is 4.79 Å². The van der Waals surface area contributed by atoms with E-state index in [0.29, 0.717) is 0 Å². The third-order valence-electron chi connectivity index (χ3n) is 1.24. The molecule has 0 radical (unpaired) electrons. The maximum absolute atomic E-state index is 10.1. The van der Waals surface area contributed by atoms with E-state index in [1.165, 1.54) is 6.26 Å². The molecule has 0 heterocycles. The summed E-state index contributed by atoms with van der Waals surface area (Å²) >= 11 is 0. The minimum atomic E-state index is -0.804. The van der Waals surface area contributed by atoms with Crippen molar-refractivity contribution in [1.29, 1.82) is 0 Å². The molecule has 0 spiro atoms. The van der Waals surface area contributed by atoms with Crippen molar-refractivity contribution in [1.82, 2.24) is 0 Å². The molecular formula is C9H9NO2. The van der Waals surface area contributed by atoms with E-state index in [-0.39, 0.29) is 0 Å². The van der Waals surface area contributed by atoms with Crippen molar-refractivity contribution in [2.45, 2.75) is 0 Å². The van der Waals surface area contributed by atoms with Crippen molar-refractivity contribution in [2.24, 2.45) is 5.73 Å². The largest absolute Gasteiger partial charge is 0.418 e. The zero-order valence-corrected chi connectivity index (χ0v) is 6.44. The van der Waals surface area contributed by atoms with Crippen LogP contribution in [0.4, 0.5) is 4.79 Å². The average Bonchev–Trinajstić information content (AvgIpc) is 2.05. The minimum Gasteiger partial charge on any atom is -0.418 e. The third-order valence-corrected chi connectivity index (χ3v) is 1.24.